The maximum atomic E-state index is 6.31. The van der Waals surface area contributed by atoms with Crippen LogP contribution >= 0.6 is 22.9 Å². The quantitative estimate of drug-likeness (QED) is 0.566. The topological polar surface area (TPSA) is 48.9 Å². The van der Waals surface area contributed by atoms with Crippen LogP contribution in [0.2, 0.25) is 5.02 Å². The van der Waals surface area contributed by atoms with Crippen LogP contribution in [0.3, 0.4) is 0 Å². The van der Waals surface area contributed by atoms with E-state index in [-0.39, 0.29) is 0 Å². The minimum absolute atomic E-state index is 0.456. The van der Waals surface area contributed by atoms with E-state index < -0.39 is 0 Å². The first kappa shape index (κ1) is 19.8. The van der Waals surface area contributed by atoms with Crippen LogP contribution in [0, 0.1) is 0 Å². The minimum Gasteiger partial charge on any atom is -0.497 e. The molecule has 27 heavy (non-hydrogen) atoms. The third-order valence-electron chi connectivity index (χ3n) is 4.82. The first-order chi connectivity index (χ1) is 13.2. The van der Waals surface area contributed by atoms with Gasteiger partial charge < -0.3 is 20.3 Å². The highest BCUT2D eigenvalue weighted by Gasteiger charge is 2.20. The summed E-state index contributed by atoms with van der Waals surface area (Å²) in [5.41, 5.74) is 1.10. The zero-order chi connectivity index (χ0) is 19.1. The second kappa shape index (κ2) is 9.85. The normalized spacial score (nSPS) is 15.7. The lowest BCUT2D eigenvalue weighted by molar-refractivity contribution is 0.414. The molecule has 0 bridgehead atoms. The van der Waals surface area contributed by atoms with Crippen LogP contribution in [-0.2, 0) is 6.42 Å². The summed E-state index contributed by atoms with van der Waals surface area (Å²) in [4.78, 5) is 6.82. The number of rotatable bonds is 6. The fourth-order valence-electron chi connectivity index (χ4n) is 3.26. The third kappa shape index (κ3) is 5.53. The maximum absolute atomic E-state index is 6.31. The van der Waals surface area contributed by atoms with E-state index >= 15 is 0 Å². The molecule has 2 aromatic rings. The van der Waals surface area contributed by atoms with Crippen LogP contribution in [0.1, 0.15) is 18.4 Å². The number of methoxy groups -OCH3 is 1. The first-order valence-electron chi connectivity index (χ1n) is 9.27. The Morgan fingerprint density at radius 3 is 2.78 bits per heavy atom. The molecule has 1 aromatic heterocycles. The predicted molar refractivity (Wildman–Crippen MR) is 116 cm³/mol. The third-order valence-corrected chi connectivity index (χ3v) is 6.11. The molecule has 1 saturated heterocycles. The average Bonchev–Trinajstić information content (AvgIpc) is 3.23. The largest absolute Gasteiger partial charge is 0.497 e. The molecular weight excluding hydrogens is 380 g/mol. The molecule has 146 valence electrons. The van der Waals surface area contributed by atoms with Crippen LogP contribution in [0.25, 0.3) is 0 Å². The number of ether oxygens (including phenoxy) is 1. The molecule has 2 heterocycles. The number of aliphatic imine (C=N–C) groups is 1. The Labute approximate surface area is 170 Å². The molecule has 1 fully saturated rings. The van der Waals surface area contributed by atoms with Gasteiger partial charge in [0.05, 0.1) is 12.1 Å². The molecule has 1 aliphatic rings. The first-order valence-corrected chi connectivity index (χ1v) is 10.5. The van der Waals surface area contributed by atoms with Gasteiger partial charge in [-0.3, -0.25) is 4.99 Å². The summed E-state index contributed by atoms with van der Waals surface area (Å²) < 4.78 is 5.19. The Morgan fingerprint density at radius 2 is 2.15 bits per heavy atom. The number of nitrogens with zero attached hydrogens (tertiary/aromatic N) is 2. The molecule has 0 radical (unpaired) electrons. The lowest BCUT2D eigenvalue weighted by atomic mass is 10.1. The van der Waals surface area contributed by atoms with Gasteiger partial charge in [0.1, 0.15) is 5.75 Å². The van der Waals surface area contributed by atoms with E-state index in [1.807, 2.05) is 36.6 Å². The van der Waals surface area contributed by atoms with Gasteiger partial charge >= 0.3 is 0 Å². The van der Waals surface area contributed by atoms with Crippen molar-refractivity contribution >= 4 is 33.9 Å². The van der Waals surface area contributed by atoms with E-state index in [0.29, 0.717) is 6.04 Å². The molecule has 7 heteroatoms. The van der Waals surface area contributed by atoms with Crippen molar-refractivity contribution in [2.45, 2.75) is 25.3 Å². The molecule has 0 amide bonds. The van der Waals surface area contributed by atoms with Gasteiger partial charge in [0.25, 0.3) is 0 Å². The van der Waals surface area contributed by atoms with Crippen molar-refractivity contribution in [3.8, 4) is 5.75 Å². The second-order valence-corrected chi connectivity index (χ2v) is 7.90. The number of hydrogen-bond acceptors (Lipinski definition) is 4. The molecular formula is C20H27ClN4OS. The van der Waals surface area contributed by atoms with Gasteiger partial charge in [-0.15, -0.1) is 11.3 Å². The molecule has 0 unspecified atom stereocenters. The molecule has 1 aliphatic heterocycles. The zero-order valence-electron chi connectivity index (χ0n) is 15.9. The van der Waals surface area contributed by atoms with Crippen molar-refractivity contribution in [3.05, 3.63) is 46.3 Å². The van der Waals surface area contributed by atoms with Gasteiger partial charge in [0.2, 0.25) is 0 Å². The number of piperidine rings is 1. The smallest absolute Gasteiger partial charge is 0.191 e. The van der Waals surface area contributed by atoms with Gasteiger partial charge in [0.15, 0.2) is 5.96 Å². The van der Waals surface area contributed by atoms with Crippen LogP contribution in [0.4, 0.5) is 5.00 Å². The highest BCUT2D eigenvalue weighted by atomic mass is 35.5. The van der Waals surface area contributed by atoms with Crippen LogP contribution < -0.4 is 20.3 Å². The van der Waals surface area contributed by atoms with Crippen molar-refractivity contribution in [1.82, 2.24) is 10.6 Å². The molecule has 2 N–H and O–H groups in total. The Balaban J connectivity index is 1.42. The van der Waals surface area contributed by atoms with Crippen LogP contribution in [-0.4, -0.2) is 45.8 Å². The number of nitrogens with one attached hydrogen (secondary N) is 2. The molecule has 3 rings (SSSR count). The summed E-state index contributed by atoms with van der Waals surface area (Å²) in [7, 11) is 3.46. The number of halogens is 1. The van der Waals surface area contributed by atoms with Gasteiger partial charge in [-0.2, -0.15) is 0 Å². The summed E-state index contributed by atoms with van der Waals surface area (Å²) in [5, 5.41) is 11.2. The van der Waals surface area contributed by atoms with Gasteiger partial charge in [0, 0.05) is 37.7 Å². The molecule has 0 saturated carbocycles. The molecule has 5 nitrogen and oxygen atoms in total. The average molecular weight is 407 g/mol. The number of hydrogen-bond donors (Lipinski definition) is 2. The van der Waals surface area contributed by atoms with Gasteiger partial charge in [-0.05, 0) is 54.5 Å². The SMILES string of the molecule is CN=C(NCCc1ccc(OC)cc1Cl)NC1CCN(c2cccs2)CC1. The lowest BCUT2D eigenvalue weighted by Gasteiger charge is -2.33. The van der Waals surface area contributed by atoms with E-state index in [1.165, 1.54) is 5.00 Å². The van der Waals surface area contributed by atoms with Crippen molar-refractivity contribution < 1.29 is 4.74 Å². The molecule has 1 aromatic carbocycles. The Morgan fingerprint density at radius 1 is 1.33 bits per heavy atom. The summed E-state index contributed by atoms with van der Waals surface area (Å²) >= 11 is 8.12. The minimum atomic E-state index is 0.456. The van der Waals surface area contributed by atoms with E-state index in [9.17, 15) is 0 Å². The van der Waals surface area contributed by atoms with Crippen LogP contribution in [0.5, 0.6) is 5.75 Å². The van der Waals surface area contributed by atoms with Gasteiger partial charge in [-0.25, -0.2) is 0 Å². The maximum Gasteiger partial charge on any atom is 0.191 e. The van der Waals surface area contributed by atoms with Crippen LogP contribution in [0.15, 0.2) is 40.7 Å². The van der Waals surface area contributed by atoms with Crippen molar-refractivity contribution in [3.63, 3.8) is 0 Å². The number of anilines is 1. The summed E-state index contributed by atoms with van der Waals surface area (Å²) in [5.74, 6) is 1.64. The van der Waals surface area contributed by atoms with E-state index in [4.69, 9.17) is 16.3 Å². The number of thiophene rings is 1. The van der Waals surface area contributed by atoms with Crippen molar-refractivity contribution in [2.24, 2.45) is 4.99 Å². The van der Waals surface area contributed by atoms with E-state index in [0.717, 1.165) is 61.2 Å². The highest BCUT2D eigenvalue weighted by molar-refractivity contribution is 7.14. The molecule has 0 atom stereocenters. The van der Waals surface area contributed by atoms with Gasteiger partial charge in [-0.1, -0.05) is 17.7 Å². The monoisotopic (exact) mass is 406 g/mol. The highest BCUT2D eigenvalue weighted by Crippen LogP contribution is 2.25. The summed E-state index contributed by atoms with van der Waals surface area (Å²) in [6, 6.07) is 10.6. The van der Waals surface area contributed by atoms with E-state index in [1.54, 1.807) is 7.11 Å². The summed E-state index contributed by atoms with van der Waals surface area (Å²) in [6.07, 6.45) is 3.06. The fraction of sp³-hybridized carbons (Fsp3) is 0.450. The summed E-state index contributed by atoms with van der Waals surface area (Å²) in [6.45, 7) is 2.94. The zero-order valence-corrected chi connectivity index (χ0v) is 17.4. The second-order valence-electron chi connectivity index (χ2n) is 6.56. The van der Waals surface area contributed by atoms with E-state index in [2.05, 4.69) is 38.0 Å². The lowest BCUT2D eigenvalue weighted by Crippen LogP contribution is -2.49. The molecule has 0 aliphatic carbocycles. The Hall–Kier alpha value is -1.92. The standard InChI is InChI=1S/C20H27ClN4OS/c1-22-20(23-10-7-15-5-6-17(26-2)14-18(15)21)24-16-8-11-25(12-9-16)19-4-3-13-27-19/h3-6,13-14,16H,7-12H2,1-2H3,(H2,22,23,24). The Bertz CT molecular complexity index is 742. The van der Waals surface area contributed by atoms with Crippen molar-refractivity contribution in [2.75, 3.05) is 38.7 Å². The van der Waals surface area contributed by atoms with Crippen molar-refractivity contribution in [1.29, 1.82) is 0 Å². The number of guanidine groups is 1. The Kier molecular flexibility index (Phi) is 7.24. The predicted octanol–water partition coefficient (Wildman–Crippen LogP) is 3.79. The molecule has 0 spiro atoms. The fourth-order valence-corrected chi connectivity index (χ4v) is 4.31. The number of benzene rings is 1.